The Morgan fingerprint density at radius 2 is 1.70 bits per heavy atom. The molecule has 0 fully saturated rings. The van der Waals surface area contributed by atoms with Crippen LogP contribution in [0, 0.1) is 5.82 Å². The summed E-state index contributed by atoms with van der Waals surface area (Å²) in [7, 11) is 1.65. The summed E-state index contributed by atoms with van der Waals surface area (Å²) in [6.07, 6.45) is 3.45. The van der Waals surface area contributed by atoms with Crippen LogP contribution >= 0.6 is 0 Å². The fourth-order valence-corrected chi connectivity index (χ4v) is 3.70. The van der Waals surface area contributed by atoms with Gasteiger partial charge in [0, 0.05) is 29.9 Å². The van der Waals surface area contributed by atoms with Crippen molar-refractivity contribution in [2.24, 2.45) is 0 Å². The van der Waals surface area contributed by atoms with Crippen molar-refractivity contribution < 1.29 is 9.13 Å². The first-order valence-electron chi connectivity index (χ1n) is 10.5. The highest BCUT2D eigenvalue weighted by Crippen LogP contribution is 2.31. The highest BCUT2D eigenvalue weighted by Gasteiger charge is 2.12. The maximum atomic E-state index is 13.7. The van der Waals surface area contributed by atoms with E-state index in [4.69, 9.17) is 14.7 Å². The standard InChI is InChI=1S/C27H21FN4O/c1-33-23-9-3-6-19(14-23)20-10-11-25-24(15-20)27(30-16-18-5-2-8-22(28)13-18)32-26(31-25)21-7-4-12-29-17-21/h2-15,17H,16H2,1H3,(H,30,31,32). The van der Waals surface area contributed by atoms with Crippen molar-refractivity contribution in [1.82, 2.24) is 15.0 Å². The molecular weight excluding hydrogens is 415 g/mol. The molecule has 0 amide bonds. The first-order valence-corrected chi connectivity index (χ1v) is 10.5. The third kappa shape index (κ3) is 4.50. The van der Waals surface area contributed by atoms with Gasteiger partial charge in [-0.3, -0.25) is 4.98 Å². The number of nitrogens with zero attached hydrogens (tertiary/aromatic N) is 3. The number of anilines is 1. The van der Waals surface area contributed by atoms with Gasteiger partial charge in [0.25, 0.3) is 0 Å². The Labute approximate surface area is 191 Å². The number of hydrogen-bond donors (Lipinski definition) is 1. The number of pyridine rings is 1. The molecule has 5 nitrogen and oxygen atoms in total. The molecule has 0 saturated carbocycles. The van der Waals surface area contributed by atoms with E-state index < -0.39 is 0 Å². The van der Waals surface area contributed by atoms with Gasteiger partial charge in [-0.05, 0) is 65.2 Å². The zero-order valence-electron chi connectivity index (χ0n) is 18.0. The predicted molar refractivity (Wildman–Crippen MR) is 128 cm³/mol. The largest absolute Gasteiger partial charge is 0.497 e. The summed E-state index contributed by atoms with van der Waals surface area (Å²) in [6, 6.07) is 24.3. The third-order valence-electron chi connectivity index (χ3n) is 5.37. The normalized spacial score (nSPS) is 10.8. The zero-order valence-corrected chi connectivity index (χ0v) is 18.0. The Balaban J connectivity index is 1.60. The molecule has 5 aromatic rings. The van der Waals surface area contributed by atoms with Crippen LogP contribution < -0.4 is 10.1 Å². The number of benzene rings is 3. The van der Waals surface area contributed by atoms with Crippen LogP contribution in [0.4, 0.5) is 10.2 Å². The van der Waals surface area contributed by atoms with Gasteiger partial charge in [-0.1, -0.05) is 30.3 Å². The number of aromatic nitrogens is 3. The smallest absolute Gasteiger partial charge is 0.163 e. The SMILES string of the molecule is COc1cccc(-c2ccc3nc(-c4cccnc4)nc(NCc4cccc(F)c4)c3c2)c1. The van der Waals surface area contributed by atoms with Gasteiger partial charge in [0.2, 0.25) is 0 Å². The molecule has 0 aliphatic carbocycles. The van der Waals surface area contributed by atoms with Crippen LogP contribution in [-0.4, -0.2) is 22.1 Å². The van der Waals surface area contributed by atoms with Crippen LogP contribution in [0.5, 0.6) is 5.75 Å². The van der Waals surface area contributed by atoms with Crippen molar-refractivity contribution in [3.05, 3.63) is 103 Å². The monoisotopic (exact) mass is 436 g/mol. The molecule has 6 heteroatoms. The van der Waals surface area contributed by atoms with E-state index >= 15 is 0 Å². The summed E-state index contributed by atoms with van der Waals surface area (Å²) in [4.78, 5) is 13.8. The van der Waals surface area contributed by atoms with E-state index in [-0.39, 0.29) is 5.82 Å². The minimum Gasteiger partial charge on any atom is -0.497 e. The van der Waals surface area contributed by atoms with Crippen molar-refractivity contribution in [3.8, 4) is 28.3 Å². The van der Waals surface area contributed by atoms with E-state index in [9.17, 15) is 4.39 Å². The lowest BCUT2D eigenvalue weighted by molar-refractivity contribution is 0.415. The molecule has 2 heterocycles. The Morgan fingerprint density at radius 1 is 0.848 bits per heavy atom. The fourth-order valence-electron chi connectivity index (χ4n) is 3.70. The maximum Gasteiger partial charge on any atom is 0.163 e. The van der Waals surface area contributed by atoms with Crippen molar-refractivity contribution in [1.29, 1.82) is 0 Å². The second-order valence-electron chi connectivity index (χ2n) is 7.58. The zero-order chi connectivity index (χ0) is 22.6. The van der Waals surface area contributed by atoms with Gasteiger partial charge < -0.3 is 10.1 Å². The highest BCUT2D eigenvalue weighted by molar-refractivity contribution is 5.94. The highest BCUT2D eigenvalue weighted by atomic mass is 19.1. The molecule has 0 bridgehead atoms. The molecule has 3 aromatic carbocycles. The topological polar surface area (TPSA) is 59.9 Å². The van der Waals surface area contributed by atoms with E-state index in [1.54, 1.807) is 25.6 Å². The molecule has 0 spiro atoms. The first-order chi connectivity index (χ1) is 16.2. The Morgan fingerprint density at radius 3 is 2.52 bits per heavy atom. The molecule has 2 aromatic heterocycles. The average Bonchev–Trinajstić information content (AvgIpc) is 2.87. The number of nitrogens with one attached hydrogen (secondary N) is 1. The van der Waals surface area contributed by atoms with Gasteiger partial charge in [-0.25, -0.2) is 14.4 Å². The number of halogens is 1. The minimum atomic E-state index is -0.266. The molecule has 0 aliphatic rings. The van der Waals surface area contributed by atoms with E-state index in [1.807, 2.05) is 54.6 Å². The van der Waals surface area contributed by atoms with Gasteiger partial charge in [0.05, 0.1) is 12.6 Å². The average molecular weight is 436 g/mol. The van der Waals surface area contributed by atoms with E-state index in [2.05, 4.69) is 16.4 Å². The summed E-state index contributed by atoms with van der Waals surface area (Å²) in [5.74, 6) is 1.78. The molecule has 33 heavy (non-hydrogen) atoms. The molecule has 0 saturated heterocycles. The molecule has 1 N–H and O–H groups in total. The lowest BCUT2D eigenvalue weighted by Crippen LogP contribution is -2.05. The van der Waals surface area contributed by atoms with Crippen molar-refractivity contribution in [2.75, 3.05) is 12.4 Å². The summed E-state index contributed by atoms with van der Waals surface area (Å²) >= 11 is 0. The Hall–Kier alpha value is -4.32. The number of fused-ring (bicyclic) bond motifs is 1. The lowest BCUT2D eigenvalue weighted by atomic mass is 10.0. The summed E-state index contributed by atoms with van der Waals surface area (Å²) < 4.78 is 19.0. The van der Waals surface area contributed by atoms with Gasteiger partial charge in [0.1, 0.15) is 17.4 Å². The van der Waals surface area contributed by atoms with Crippen molar-refractivity contribution in [2.45, 2.75) is 6.54 Å². The predicted octanol–water partition coefficient (Wildman–Crippen LogP) is 6.12. The number of rotatable bonds is 6. The van der Waals surface area contributed by atoms with Gasteiger partial charge in [0.15, 0.2) is 5.82 Å². The fraction of sp³-hybridized carbons (Fsp3) is 0.0741. The number of hydrogen-bond acceptors (Lipinski definition) is 5. The molecule has 5 rings (SSSR count). The van der Waals surface area contributed by atoms with Crippen LogP contribution in [-0.2, 0) is 6.54 Å². The molecule has 0 unspecified atom stereocenters. The van der Waals surface area contributed by atoms with E-state index in [1.165, 1.54) is 12.1 Å². The molecule has 0 atom stereocenters. The van der Waals surface area contributed by atoms with Crippen LogP contribution in [0.3, 0.4) is 0 Å². The van der Waals surface area contributed by atoms with Crippen LogP contribution in [0.1, 0.15) is 5.56 Å². The molecular formula is C27H21FN4O. The summed E-state index contributed by atoms with van der Waals surface area (Å²) in [5, 5.41) is 4.25. The Kier molecular flexibility index (Phi) is 5.64. The van der Waals surface area contributed by atoms with Crippen LogP contribution in [0.2, 0.25) is 0 Å². The van der Waals surface area contributed by atoms with E-state index in [0.717, 1.165) is 38.9 Å². The third-order valence-corrected chi connectivity index (χ3v) is 5.37. The summed E-state index contributed by atoms with van der Waals surface area (Å²) in [5.41, 5.74) is 4.51. The van der Waals surface area contributed by atoms with Crippen LogP contribution in [0.15, 0.2) is 91.3 Å². The maximum absolute atomic E-state index is 13.7. The lowest BCUT2D eigenvalue weighted by Gasteiger charge is -2.13. The molecule has 162 valence electrons. The minimum absolute atomic E-state index is 0.266. The van der Waals surface area contributed by atoms with E-state index in [0.29, 0.717) is 18.2 Å². The van der Waals surface area contributed by atoms with Crippen molar-refractivity contribution >= 4 is 16.7 Å². The van der Waals surface area contributed by atoms with Gasteiger partial charge in [-0.15, -0.1) is 0 Å². The van der Waals surface area contributed by atoms with Crippen LogP contribution in [0.25, 0.3) is 33.4 Å². The number of ether oxygens (including phenoxy) is 1. The number of methoxy groups -OCH3 is 1. The first kappa shape index (κ1) is 20.6. The van der Waals surface area contributed by atoms with Gasteiger partial charge >= 0.3 is 0 Å². The van der Waals surface area contributed by atoms with Gasteiger partial charge in [-0.2, -0.15) is 0 Å². The summed E-state index contributed by atoms with van der Waals surface area (Å²) in [6.45, 7) is 0.430. The van der Waals surface area contributed by atoms with Crippen molar-refractivity contribution in [3.63, 3.8) is 0 Å². The molecule has 0 radical (unpaired) electrons. The molecule has 0 aliphatic heterocycles. The second kappa shape index (κ2) is 9.04. The quantitative estimate of drug-likeness (QED) is 0.348. The second-order valence-corrected chi connectivity index (χ2v) is 7.58. The Bertz CT molecular complexity index is 1420.